The van der Waals surface area contributed by atoms with Crippen molar-refractivity contribution in [2.75, 3.05) is 0 Å². The summed E-state index contributed by atoms with van der Waals surface area (Å²) in [5.41, 5.74) is 3.06. The van der Waals surface area contributed by atoms with Crippen LogP contribution < -0.4 is 0 Å². The van der Waals surface area contributed by atoms with Gasteiger partial charge in [-0.1, -0.05) is 62.6 Å². The summed E-state index contributed by atoms with van der Waals surface area (Å²) in [6.07, 6.45) is 12.0. The lowest BCUT2D eigenvalue weighted by atomic mass is 9.99. The Morgan fingerprint density at radius 1 is 1.12 bits per heavy atom. The summed E-state index contributed by atoms with van der Waals surface area (Å²) in [6, 6.07) is 10.9. The fraction of sp³-hybridized carbons (Fsp3) is 0.529. The first-order chi connectivity index (χ1) is 8.42. The molecule has 1 fully saturated rings. The van der Waals surface area contributed by atoms with Crippen LogP contribution in [-0.4, -0.2) is 0 Å². The molecule has 0 N–H and O–H groups in total. The Balaban J connectivity index is 1.91. The van der Waals surface area contributed by atoms with Crippen LogP contribution >= 0.6 is 0 Å². The highest BCUT2D eigenvalue weighted by Gasteiger charge is 2.26. The minimum Gasteiger partial charge on any atom is -0.0804 e. The van der Waals surface area contributed by atoms with Crippen LogP contribution in [0.4, 0.5) is 0 Å². The first-order valence-electron chi connectivity index (χ1n) is 7.17. The maximum atomic E-state index is 2.50. The van der Waals surface area contributed by atoms with Gasteiger partial charge in [-0.05, 0) is 42.7 Å². The fourth-order valence-corrected chi connectivity index (χ4v) is 2.37. The summed E-state index contributed by atoms with van der Waals surface area (Å²) in [4.78, 5) is 0. The fourth-order valence-electron chi connectivity index (χ4n) is 2.37. The van der Waals surface area contributed by atoms with Gasteiger partial charge in [-0.3, -0.25) is 0 Å². The lowest BCUT2D eigenvalue weighted by molar-refractivity contribution is 0.674. The first kappa shape index (κ1) is 12.4. The van der Waals surface area contributed by atoms with E-state index in [9.17, 15) is 0 Å². The van der Waals surface area contributed by atoms with Gasteiger partial charge in [0.2, 0.25) is 0 Å². The summed E-state index contributed by atoms with van der Waals surface area (Å²) >= 11 is 0. The largest absolute Gasteiger partial charge is 0.0804 e. The van der Waals surface area contributed by atoms with Crippen molar-refractivity contribution >= 4 is 5.57 Å². The number of allylic oxidation sites excluding steroid dienone is 2. The summed E-state index contributed by atoms with van der Waals surface area (Å²) in [5, 5.41) is 0. The second-order valence-electron chi connectivity index (χ2n) is 5.15. The molecule has 0 bridgehead atoms. The van der Waals surface area contributed by atoms with Gasteiger partial charge in [0.05, 0.1) is 0 Å². The summed E-state index contributed by atoms with van der Waals surface area (Å²) in [5.74, 6) is 0.864. The van der Waals surface area contributed by atoms with E-state index in [0.717, 1.165) is 5.92 Å². The minimum absolute atomic E-state index is 0.864. The molecule has 0 spiro atoms. The zero-order chi connectivity index (χ0) is 11.9. The maximum absolute atomic E-state index is 2.50. The molecule has 92 valence electrons. The molecular weight excluding hydrogens is 204 g/mol. The van der Waals surface area contributed by atoms with E-state index in [0.29, 0.717) is 0 Å². The Labute approximate surface area is 106 Å². The van der Waals surface area contributed by atoms with Crippen LogP contribution in [0.3, 0.4) is 0 Å². The Bertz CT molecular complexity index is 344. The molecule has 0 amide bonds. The van der Waals surface area contributed by atoms with Gasteiger partial charge in [0, 0.05) is 0 Å². The number of rotatable bonds is 7. The van der Waals surface area contributed by atoms with Crippen molar-refractivity contribution in [2.45, 2.75) is 51.9 Å². The van der Waals surface area contributed by atoms with Crippen LogP contribution in [0.25, 0.3) is 5.57 Å². The van der Waals surface area contributed by atoms with Crippen LogP contribution in [0.1, 0.15) is 57.4 Å². The third-order valence-corrected chi connectivity index (χ3v) is 3.55. The van der Waals surface area contributed by atoms with Crippen molar-refractivity contribution in [3.8, 4) is 0 Å². The van der Waals surface area contributed by atoms with E-state index >= 15 is 0 Å². The summed E-state index contributed by atoms with van der Waals surface area (Å²) < 4.78 is 0. The molecule has 0 nitrogen and oxygen atoms in total. The van der Waals surface area contributed by atoms with Crippen molar-refractivity contribution in [2.24, 2.45) is 5.92 Å². The molecule has 1 saturated carbocycles. The molecule has 0 heterocycles. The predicted molar refractivity (Wildman–Crippen MR) is 75.9 cm³/mol. The molecular formula is C17H24. The molecule has 1 aliphatic rings. The van der Waals surface area contributed by atoms with Crippen LogP contribution in [0.15, 0.2) is 36.4 Å². The highest BCUT2D eigenvalue weighted by molar-refractivity contribution is 5.69. The van der Waals surface area contributed by atoms with E-state index in [1.165, 1.54) is 50.5 Å². The number of hydrogen-bond acceptors (Lipinski definition) is 0. The van der Waals surface area contributed by atoms with Gasteiger partial charge in [-0.25, -0.2) is 0 Å². The molecule has 0 unspecified atom stereocenters. The first-order valence-corrected chi connectivity index (χ1v) is 7.17. The van der Waals surface area contributed by atoms with Gasteiger partial charge in [-0.2, -0.15) is 0 Å². The second-order valence-corrected chi connectivity index (χ2v) is 5.15. The van der Waals surface area contributed by atoms with Crippen molar-refractivity contribution < 1.29 is 0 Å². The summed E-state index contributed by atoms with van der Waals surface area (Å²) in [7, 11) is 0. The van der Waals surface area contributed by atoms with Crippen LogP contribution in [0.5, 0.6) is 0 Å². The van der Waals surface area contributed by atoms with E-state index < -0.39 is 0 Å². The van der Waals surface area contributed by atoms with Gasteiger partial charge < -0.3 is 0 Å². The second kappa shape index (κ2) is 6.64. The smallest absolute Gasteiger partial charge is 0.0159 e. The SMILES string of the molecule is CCCCCCC=C(c1ccccc1)C1CC1. The normalized spacial score (nSPS) is 16.2. The van der Waals surface area contributed by atoms with Crippen molar-refractivity contribution in [1.29, 1.82) is 0 Å². The maximum Gasteiger partial charge on any atom is -0.0159 e. The monoisotopic (exact) mass is 228 g/mol. The van der Waals surface area contributed by atoms with E-state index in [1.807, 2.05) is 0 Å². The van der Waals surface area contributed by atoms with Crippen molar-refractivity contribution in [1.82, 2.24) is 0 Å². The van der Waals surface area contributed by atoms with Crippen LogP contribution in [0.2, 0.25) is 0 Å². The van der Waals surface area contributed by atoms with E-state index in [-0.39, 0.29) is 0 Å². The molecule has 0 heteroatoms. The molecule has 0 aliphatic heterocycles. The lowest BCUT2D eigenvalue weighted by Crippen LogP contribution is -1.87. The molecule has 1 aromatic carbocycles. The average Bonchev–Trinajstić information content (AvgIpc) is 3.19. The van der Waals surface area contributed by atoms with Crippen LogP contribution in [-0.2, 0) is 0 Å². The van der Waals surface area contributed by atoms with E-state index in [4.69, 9.17) is 0 Å². The van der Waals surface area contributed by atoms with Crippen molar-refractivity contribution in [3.05, 3.63) is 42.0 Å². The standard InChI is InChI=1S/C17H24/c1-2-3-4-5-9-12-17(16-13-14-16)15-10-7-6-8-11-15/h6-8,10-12,16H,2-5,9,13-14H2,1H3. The van der Waals surface area contributed by atoms with Crippen molar-refractivity contribution in [3.63, 3.8) is 0 Å². The predicted octanol–water partition coefficient (Wildman–Crippen LogP) is 5.45. The average molecular weight is 228 g/mol. The minimum atomic E-state index is 0.864. The third-order valence-electron chi connectivity index (χ3n) is 3.55. The zero-order valence-electron chi connectivity index (χ0n) is 11.0. The number of unbranched alkanes of at least 4 members (excludes halogenated alkanes) is 4. The van der Waals surface area contributed by atoms with E-state index in [2.05, 4.69) is 43.3 Å². The summed E-state index contributed by atoms with van der Waals surface area (Å²) in [6.45, 7) is 2.27. The highest BCUT2D eigenvalue weighted by Crippen LogP contribution is 2.42. The molecule has 2 rings (SSSR count). The number of benzene rings is 1. The Morgan fingerprint density at radius 3 is 2.53 bits per heavy atom. The van der Waals surface area contributed by atoms with Gasteiger partial charge >= 0.3 is 0 Å². The molecule has 0 atom stereocenters. The van der Waals surface area contributed by atoms with Crippen LogP contribution in [0, 0.1) is 5.92 Å². The number of hydrogen-bond donors (Lipinski definition) is 0. The van der Waals surface area contributed by atoms with Gasteiger partial charge in [-0.15, -0.1) is 0 Å². The molecule has 0 saturated heterocycles. The Morgan fingerprint density at radius 2 is 1.88 bits per heavy atom. The molecule has 0 aromatic heterocycles. The third kappa shape index (κ3) is 4.03. The highest BCUT2D eigenvalue weighted by atomic mass is 14.3. The quantitative estimate of drug-likeness (QED) is 0.544. The van der Waals surface area contributed by atoms with Gasteiger partial charge in [0.1, 0.15) is 0 Å². The van der Waals surface area contributed by atoms with Gasteiger partial charge in [0.15, 0.2) is 0 Å². The van der Waals surface area contributed by atoms with Gasteiger partial charge in [0.25, 0.3) is 0 Å². The van der Waals surface area contributed by atoms with E-state index in [1.54, 1.807) is 5.57 Å². The Hall–Kier alpha value is -1.04. The zero-order valence-corrected chi connectivity index (χ0v) is 11.0. The topological polar surface area (TPSA) is 0 Å². The molecule has 0 radical (unpaired) electrons. The molecule has 17 heavy (non-hydrogen) atoms. The Kier molecular flexibility index (Phi) is 4.85. The lowest BCUT2D eigenvalue weighted by Gasteiger charge is -2.06. The molecule has 1 aromatic rings. The molecule has 1 aliphatic carbocycles.